The maximum absolute atomic E-state index is 12.8. The van der Waals surface area contributed by atoms with Gasteiger partial charge < -0.3 is 14.2 Å². The molecule has 0 aliphatic heterocycles. The van der Waals surface area contributed by atoms with Gasteiger partial charge in [0.2, 0.25) is 0 Å². The molecule has 0 aliphatic carbocycles. The standard InChI is InChI=1S/C60H108O6/c1-4-7-10-13-16-19-22-25-28-30-31-33-35-38-41-44-47-50-53-59(62)65-56-57(55-64-58(61)52-49-46-43-40-37-34-27-24-21-18-15-12-9-6-3)66-60(63)54-51-48-45-42-39-36-32-29-26-23-20-17-14-11-8-5-2/h8,11,17,20,26,29,34,37,57H,4-7,9-10,12-16,18-19,21-25,27-28,30-33,35-36,38-56H2,1-3H3/b11-8-,20-17-,29-26-,37-34-. The molecule has 0 fully saturated rings. The highest BCUT2D eigenvalue weighted by molar-refractivity contribution is 5.71. The van der Waals surface area contributed by atoms with Crippen LogP contribution in [-0.4, -0.2) is 37.2 Å². The van der Waals surface area contributed by atoms with Crippen LogP contribution in [0.1, 0.15) is 297 Å². The van der Waals surface area contributed by atoms with Crippen molar-refractivity contribution in [3.8, 4) is 0 Å². The average molecular weight is 926 g/mol. The van der Waals surface area contributed by atoms with Gasteiger partial charge in [0.05, 0.1) is 0 Å². The Morgan fingerprint density at radius 1 is 0.318 bits per heavy atom. The summed E-state index contributed by atoms with van der Waals surface area (Å²) in [6, 6.07) is 0. The van der Waals surface area contributed by atoms with Crippen molar-refractivity contribution in [1.82, 2.24) is 0 Å². The minimum absolute atomic E-state index is 0.0802. The smallest absolute Gasteiger partial charge is 0.306 e. The van der Waals surface area contributed by atoms with Crippen LogP contribution in [0.2, 0.25) is 0 Å². The highest BCUT2D eigenvalue weighted by Gasteiger charge is 2.19. The van der Waals surface area contributed by atoms with Gasteiger partial charge in [-0.1, -0.05) is 249 Å². The van der Waals surface area contributed by atoms with Crippen molar-refractivity contribution in [2.45, 2.75) is 303 Å². The molecule has 0 aliphatic rings. The lowest BCUT2D eigenvalue weighted by Gasteiger charge is -2.18. The Labute approximate surface area is 409 Å². The lowest BCUT2D eigenvalue weighted by atomic mass is 10.0. The number of carbonyl (C=O) groups excluding carboxylic acids is 3. The topological polar surface area (TPSA) is 78.9 Å². The van der Waals surface area contributed by atoms with Gasteiger partial charge in [0.15, 0.2) is 6.10 Å². The van der Waals surface area contributed by atoms with E-state index in [1.165, 1.54) is 154 Å². The summed E-state index contributed by atoms with van der Waals surface area (Å²) in [5.41, 5.74) is 0. The predicted molar refractivity (Wildman–Crippen MR) is 284 cm³/mol. The molecule has 0 N–H and O–H groups in total. The van der Waals surface area contributed by atoms with E-state index < -0.39 is 6.10 Å². The highest BCUT2D eigenvalue weighted by Crippen LogP contribution is 2.16. The molecular weight excluding hydrogens is 817 g/mol. The minimum Gasteiger partial charge on any atom is -0.462 e. The monoisotopic (exact) mass is 925 g/mol. The Bertz CT molecular complexity index is 1150. The Hall–Kier alpha value is -2.63. The largest absolute Gasteiger partial charge is 0.462 e. The van der Waals surface area contributed by atoms with Crippen molar-refractivity contribution >= 4 is 17.9 Å². The molecule has 0 saturated carbocycles. The third-order valence-electron chi connectivity index (χ3n) is 12.6. The summed E-state index contributed by atoms with van der Waals surface area (Å²) < 4.78 is 16.8. The van der Waals surface area contributed by atoms with Gasteiger partial charge in [-0.25, -0.2) is 0 Å². The van der Waals surface area contributed by atoms with E-state index in [1.807, 2.05) is 0 Å². The number of unbranched alkanes of at least 4 members (excludes halogenated alkanes) is 33. The highest BCUT2D eigenvalue weighted by atomic mass is 16.6. The van der Waals surface area contributed by atoms with Crippen molar-refractivity contribution in [2.24, 2.45) is 0 Å². The lowest BCUT2D eigenvalue weighted by Crippen LogP contribution is -2.30. The third kappa shape index (κ3) is 52.3. The molecule has 0 amide bonds. The maximum atomic E-state index is 12.8. The summed E-state index contributed by atoms with van der Waals surface area (Å²) >= 11 is 0. The molecule has 384 valence electrons. The fourth-order valence-electron chi connectivity index (χ4n) is 8.28. The number of esters is 3. The van der Waals surface area contributed by atoms with Gasteiger partial charge in [-0.2, -0.15) is 0 Å². The van der Waals surface area contributed by atoms with Gasteiger partial charge in [-0.05, 0) is 77.0 Å². The van der Waals surface area contributed by atoms with E-state index in [0.29, 0.717) is 19.3 Å². The zero-order valence-corrected chi connectivity index (χ0v) is 44.0. The summed E-state index contributed by atoms with van der Waals surface area (Å²) in [5.74, 6) is -0.896. The number of hydrogen-bond donors (Lipinski definition) is 0. The second-order valence-electron chi connectivity index (χ2n) is 19.2. The summed E-state index contributed by atoms with van der Waals surface area (Å²) in [4.78, 5) is 38.1. The van der Waals surface area contributed by atoms with E-state index in [9.17, 15) is 14.4 Å². The van der Waals surface area contributed by atoms with E-state index in [0.717, 1.165) is 103 Å². The summed E-state index contributed by atoms with van der Waals surface area (Å²) in [6.07, 6.45) is 66.7. The Morgan fingerprint density at radius 2 is 0.591 bits per heavy atom. The van der Waals surface area contributed by atoms with Gasteiger partial charge >= 0.3 is 17.9 Å². The van der Waals surface area contributed by atoms with E-state index >= 15 is 0 Å². The molecule has 0 spiro atoms. The maximum Gasteiger partial charge on any atom is 0.306 e. The van der Waals surface area contributed by atoms with Crippen LogP contribution in [0.15, 0.2) is 48.6 Å². The molecule has 0 rings (SSSR count). The Balaban J connectivity index is 4.37. The minimum atomic E-state index is -0.784. The van der Waals surface area contributed by atoms with Crippen LogP contribution in [0, 0.1) is 0 Å². The van der Waals surface area contributed by atoms with E-state index in [4.69, 9.17) is 14.2 Å². The number of carbonyl (C=O) groups is 3. The first-order valence-corrected chi connectivity index (χ1v) is 28.6. The fourth-order valence-corrected chi connectivity index (χ4v) is 8.28. The molecule has 0 heterocycles. The summed E-state index contributed by atoms with van der Waals surface area (Å²) in [5, 5.41) is 0. The predicted octanol–water partition coefficient (Wildman–Crippen LogP) is 19.0. The first kappa shape index (κ1) is 63.4. The molecule has 66 heavy (non-hydrogen) atoms. The third-order valence-corrected chi connectivity index (χ3v) is 12.6. The molecule has 0 bridgehead atoms. The van der Waals surface area contributed by atoms with Gasteiger partial charge in [-0.3, -0.25) is 14.4 Å². The Kier molecular flexibility index (Phi) is 52.8. The number of hydrogen-bond acceptors (Lipinski definition) is 6. The molecule has 6 nitrogen and oxygen atoms in total. The van der Waals surface area contributed by atoms with Gasteiger partial charge in [0.25, 0.3) is 0 Å². The van der Waals surface area contributed by atoms with Crippen LogP contribution in [0.25, 0.3) is 0 Å². The van der Waals surface area contributed by atoms with Crippen LogP contribution in [-0.2, 0) is 28.6 Å². The second-order valence-corrected chi connectivity index (χ2v) is 19.2. The summed E-state index contributed by atoms with van der Waals surface area (Å²) in [7, 11) is 0. The molecule has 0 radical (unpaired) electrons. The SMILES string of the molecule is CC/C=C\C/C=C\C/C=C\CCCCCCCCC(=O)OC(COC(=O)CCCCC/C=C\CCCCCCCCC)COC(=O)CCCCCCCCCCCCCCCCCCCC. The fraction of sp³-hybridized carbons (Fsp3) is 0.817. The zero-order chi connectivity index (χ0) is 47.9. The molecular formula is C60H108O6. The quantitative estimate of drug-likeness (QED) is 0.0262. The second kappa shape index (κ2) is 55.0. The van der Waals surface area contributed by atoms with Crippen LogP contribution in [0.5, 0.6) is 0 Å². The van der Waals surface area contributed by atoms with Gasteiger partial charge in [0, 0.05) is 19.3 Å². The van der Waals surface area contributed by atoms with Crippen LogP contribution < -0.4 is 0 Å². The van der Waals surface area contributed by atoms with Crippen LogP contribution >= 0.6 is 0 Å². The van der Waals surface area contributed by atoms with E-state index in [2.05, 4.69) is 69.4 Å². The first-order valence-electron chi connectivity index (χ1n) is 28.6. The normalized spacial score (nSPS) is 12.3. The molecule has 0 aromatic heterocycles. The van der Waals surface area contributed by atoms with Gasteiger partial charge in [0.1, 0.15) is 13.2 Å². The molecule has 0 aromatic carbocycles. The van der Waals surface area contributed by atoms with Crippen molar-refractivity contribution < 1.29 is 28.6 Å². The van der Waals surface area contributed by atoms with E-state index in [-0.39, 0.29) is 31.1 Å². The van der Waals surface area contributed by atoms with Crippen LogP contribution in [0.4, 0.5) is 0 Å². The molecule has 6 heteroatoms. The van der Waals surface area contributed by atoms with Crippen molar-refractivity contribution in [1.29, 1.82) is 0 Å². The number of rotatable bonds is 52. The van der Waals surface area contributed by atoms with Gasteiger partial charge in [-0.15, -0.1) is 0 Å². The first-order chi connectivity index (χ1) is 32.5. The van der Waals surface area contributed by atoms with Crippen molar-refractivity contribution in [3.05, 3.63) is 48.6 Å². The molecule has 0 saturated heterocycles. The average Bonchev–Trinajstić information content (AvgIpc) is 3.31. The number of allylic oxidation sites excluding steroid dienone is 8. The van der Waals surface area contributed by atoms with Crippen molar-refractivity contribution in [2.75, 3.05) is 13.2 Å². The number of ether oxygens (including phenoxy) is 3. The summed E-state index contributed by atoms with van der Waals surface area (Å²) in [6.45, 7) is 6.54. The van der Waals surface area contributed by atoms with E-state index in [1.54, 1.807) is 0 Å². The van der Waals surface area contributed by atoms with Crippen molar-refractivity contribution in [3.63, 3.8) is 0 Å². The Morgan fingerprint density at radius 3 is 0.955 bits per heavy atom. The molecule has 1 atom stereocenters. The zero-order valence-electron chi connectivity index (χ0n) is 44.0. The van der Waals surface area contributed by atoms with Crippen LogP contribution in [0.3, 0.4) is 0 Å². The lowest BCUT2D eigenvalue weighted by molar-refractivity contribution is -0.167. The molecule has 1 unspecified atom stereocenters. The molecule has 0 aromatic rings.